The standard InChI is InChI=1S/C34H39Cl2N3O5.C6H8O7/c1-21(23-12-14-39(19-23)32(40)24-17-29(42-2)31(44-4)30(18-24)43-3)38-15-13-34(33(37)41,25-8-6-5-7-9-25)26(20-38)22-10-11-27(35)28(36)16-22;7-3(8)1-6(13,5(11)12)2-4(9)10/h5-11,16-18,21,23,26H,12-15,19-20H2,1-4H3,(H2,37,41);13H,1-2H2,(H,7,8)(H,9,10)(H,11,12). The Hall–Kier alpha value is -5.09. The molecule has 3 aromatic rings. The summed E-state index contributed by atoms with van der Waals surface area (Å²) >= 11 is 12.8. The van der Waals surface area contributed by atoms with E-state index in [-0.39, 0.29) is 29.7 Å². The average Bonchev–Trinajstić information content (AvgIpc) is 3.68. The van der Waals surface area contributed by atoms with Gasteiger partial charge in [0.1, 0.15) is 0 Å². The van der Waals surface area contributed by atoms with Crippen LogP contribution in [0.1, 0.15) is 60.0 Å². The summed E-state index contributed by atoms with van der Waals surface area (Å²) in [6, 6.07) is 18.9. The number of rotatable bonds is 14. The van der Waals surface area contributed by atoms with Crippen molar-refractivity contribution in [3.05, 3.63) is 87.4 Å². The van der Waals surface area contributed by atoms with Crippen molar-refractivity contribution in [1.29, 1.82) is 0 Å². The molecule has 2 saturated heterocycles. The zero-order chi connectivity index (χ0) is 42.2. The van der Waals surface area contributed by atoms with Gasteiger partial charge in [-0.15, -0.1) is 0 Å². The lowest BCUT2D eigenvalue weighted by Crippen LogP contribution is -2.57. The highest BCUT2D eigenvalue weighted by molar-refractivity contribution is 6.42. The van der Waals surface area contributed by atoms with E-state index in [4.69, 9.17) is 63.6 Å². The lowest BCUT2D eigenvalue weighted by Gasteiger charge is -2.49. The second-order valence-electron chi connectivity index (χ2n) is 14.1. The van der Waals surface area contributed by atoms with E-state index in [0.29, 0.717) is 65.5 Å². The summed E-state index contributed by atoms with van der Waals surface area (Å²) in [6.07, 6.45) is -0.864. The molecule has 2 fully saturated rings. The van der Waals surface area contributed by atoms with Crippen LogP contribution in [0.4, 0.5) is 0 Å². The lowest BCUT2D eigenvalue weighted by atomic mass is 9.62. The van der Waals surface area contributed by atoms with Crippen LogP contribution in [0.15, 0.2) is 60.7 Å². The molecule has 308 valence electrons. The van der Waals surface area contributed by atoms with Gasteiger partial charge in [0.2, 0.25) is 11.7 Å². The quantitative estimate of drug-likeness (QED) is 0.151. The molecular formula is C40H47Cl2N3O12. The van der Waals surface area contributed by atoms with Crippen molar-refractivity contribution in [2.75, 3.05) is 47.5 Å². The zero-order valence-electron chi connectivity index (χ0n) is 31.9. The molecule has 0 spiro atoms. The Labute approximate surface area is 339 Å². The van der Waals surface area contributed by atoms with Gasteiger partial charge in [-0.25, -0.2) is 4.79 Å². The molecule has 0 aliphatic carbocycles. The first-order valence-electron chi connectivity index (χ1n) is 17.9. The van der Waals surface area contributed by atoms with Gasteiger partial charge in [0.15, 0.2) is 17.1 Å². The third kappa shape index (κ3) is 9.90. The third-order valence-corrected chi connectivity index (χ3v) is 11.6. The number of hydrogen-bond donors (Lipinski definition) is 5. The number of halogens is 2. The van der Waals surface area contributed by atoms with Gasteiger partial charge in [-0.1, -0.05) is 59.6 Å². The Morgan fingerprint density at radius 1 is 0.860 bits per heavy atom. The van der Waals surface area contributed by atoms with Crippen molar-refractivity contribution in [2.45, 2.75) is 55.6 Å². The first-order valence-corrected chi connectivity index (χ1v) is 18.7. The van der Waals surface area contributed by atoms with Gasteiger partial charge in [0.25, 0.3) is 5.91 Å². The number of carbonyl (C=O) groups excluding carboxylic acids is 2. The van der Waals surface area contributed by atoms with Crippen LogP contribution in [0.2, 0.25) is 10.0 Å². The number of aliphatic hydroxyl groups is 1. The van der Waals surface area contributed by atoms with Gasteiger partial charge in [-0.05, 0) is 67.6 Å². The van der Waals surface area contributed by atoms with Crippen LogP contribution in [0.3, 0.4) is 0 Å². The van der Waals surface area contributed by atoms with Crippen LogP contribution >= 0.6 is 23.2 Å². The summed E-state index contributed by atoms with van der Waals surface area (Å²) in [5.41, 5.74) is 4.92. The summed E-state index contributed by atoms with van der Waals surface area (Å²) in [6.45, 7) is 4.76. The van der Waals surface area contributed by atoms with Gasteiger partial charge in [0, 0.05) is 37.2 Å². The van der Waals surface area contributed by atoms with E-state index in [1.54, 1.807) is 18.2 Å². The molecule has 2 aliphatic rings. The van der Waals surface area contributed by atoms with Crippen LogP contribution in [0.5, 0.6) is 17.2 Å². The van der Waals surface area contributed by atoms with E-state index in [1.165, 1.54) is 21.3 Å². The number of likely N-dealkylation sites (tertiary alicyclic amines) is 2. The van der Waals surface area contributed by atoms with Crippen LogP contribution in [-0.2, 0) is 24.6 Å². The highest BCUT2D eigenvalue weighted by Gasteiger charge is 2.51. The number of nitrogens with zero attached hydrogens (tertiary/aromatic N) is 2. The third-order valence-electron chi connectivity index (χ3n) is 10.8. The van der Waals surface area contributed by atoms with Crippen molar-refractivity contribution >= 4 is 52.9 Å². The van der Waals surface area contributed by atoms with Gasteiger partial charge in [-0.2, -0.15) is 0 Å². The molecule has 0 radical (unpaired) electrons. The number of amides is 2. The number of nitrogens with two attached hydrogens (primary N) is 1. The van der Waals surface area contributed by atoms with Gasteiger partial charge < -0.3 is 45.3 Å². The summed E-state index contributed by atoms with van der Waals surface area (Å²) < 4.78 is 16.4. The number of carbonyl (C=O) groups is 5. The van der Waals surface area contributed by atoms with Crippen LogP contribution < -0.4 is 19.9 Å². The predicted molar refractivity (Wildman–Crippen MR) is 209 cm³/mol. The molecule has 2 heterocycles. The first-order chi connectivity index (χ1) is 26.9. The molecule has 0 aromatic heterocycles. The summed E-state index contributed by atoms with van der Waals surface area (Å²) in [5.74, 6) is -4.12. The first kappa shape index (κ1) is 44.6. The van der Waals surface area contributed by atoms with E-state index in [2.05, 4.69) is 11.8 Å². The number of carboxylic acid groups (broad SMARTS) is 3. The Morgan fingerprint density at radius 3 is 1.95 bits per heavy atom. The average molecular weight is 833 g/mol. The summed E-state index contributed by atoms with van der Waals surface area (Å²) in [5, 5.41) is 34.7. The largest absolute Gasteiger partial charge is 0.493 e. The van der Waals surface area contributed by atoms with Gasteiger partial charge in [-0.3, -0.25) is 24.1 Å². The monoisotopic (exact) mass is 831 g/mol. The molecule has 2 amide bonds. The highest BCUT2D eigenvalue weighted by Crippen LogP contribution is 2.47. The van der Waals surface area contributed by atoms with E-state index in [9.17, 15) is 24.0 Å². The highest BCUT2D eigenvalue weighted by atomic mass is 35.5. The molecule has 4 atom stereocenters. The van der Waals surface area contributed by atoms with Crippen molar-refractivity contribution in [3.63, 3.8) is 0 Å². The second kappa shape index (κ2) is 18.9. The second-order valence-corrected chi connectivity index (χ2v) is 14.9. The Morgan fingerprint density at radius 2 is 1.46 bits per heavy atom. The topological polar surface area (TPSA) is 226 Å². The van der Waals surface area contributed by atoms with Crippen molar-refractivity contribution < 1.29 is 58.6 Å². The molecule has 15 nitrogen and oxygen atoms in total. The molecule has 17 heteroatoms. The minimum Gasteiger partial charge on any atom is -0.493 e. The summed E-state index contributed by atoms with van der Waals surface area (Å²) in [7, 11) is 4.61. The number of hydrogen-bond acceptors (Lipinski definition) is 10. The van der Waals surface area contributed by atoms with Crippen LogP contribution in [0, 0.1) is 5.92 Å². The number of aliphatic carboxylic acids is 3. The maximum absolute atomic E-state index is 13.6. The fourth-order valence-corrected chi connectivity index (χ4v) is 8.05. The normalized spacial score (nSPS) is 20.1. The van der Waals surface area contributed by atoms with Crippen molar-refractivity contribution in [3.8, 4) is 17.2 Å². The fourth-order valence-electron chi connectivity index (χ4n) is 7.75. The van der Waals surface area contributed by atoms with E-state index >= 15 is 0 Å². The molecule has 4 unspecified atom stereocenters. The Kier molecular flexibility index (Phi) is 14.8. The number of piperidine rings is 1. The van der Waals surface area contributed by atoms with Crippen molar-refractivity contribution in [2.24, 2.45) is 11.7 Å². The molecule has 6 N–H and O–H groups in total. The van der Waals surface area contributed by atoms with E-state index in [0.717, 1.165) is 17.5 Å². The molecule has 0 bridgehead atoms. The minimum absolute atomic E-state index is 0.0805. The van der Waals surface area contributed by atoms with Gasteiger partial charge >= 0.3 is 17.9 Å². The van der Waals surface area contributed by atoms with Gasteiger partial charge in [0.05, 0.1) is 49.6 Å². The molecular weight excluding hydrogens is 785 g/mol. The van der Waals surface area contributed by atoms with Crippen LogP contribution in [0.25, 0.3) is 0 Å². The van der Waals surface area contributed by atoms with E-state index < -0.39 is 41.8 Å². The number of benzene rings is 3. The summed E-state index contributed by atoms with van der Waals surface area (Å²) in [4.78, 5) is 61.8. The maximum atomic E-state index is 13.6. The van der Waals surface area contributed by atoms with E-state index in [1.807, 2.05) is 47.4 Å². The smallest absolute Gasteiger partial charge is 0.336 e. The number of primary amides is 1. The minimum atomic E-state index is -2.74. The zero-order valence-corrected chi connectivity index (χ0v) is 33.5. The molecule has 0 saturated carbocycles. The predicted octanol–water partition coefficient (Wildman–Crippen LogP) is 4.53. The Balaban J connectivity index is 0.000000476. The molecule has 5 rings (SSSR count). The SMILES string of the molecule is COc1cc(C(=O)N2CCC(C(C)N3CCC(C(N)=O)(c4ccccc4)C(c4ccc(Cl)c(Cl)c4)C3)C2)cc(OC)c1OC.O=C(O)CC(O)(CC(=O)O)C(=O)O. The number of methoxy groups -OCH3 is 3. The molecule has 3 aromatic carbocycles. The number of carboxylic acids is 3. The molecule has 2 aliphatic heterocycles. The van der Waals surface area contributed by atoms with Crippen molar-refractivity contribution in [1.82, 2.24) is 9.80 Å². The Bertz CT molecular complexity index is 1920. The molecule has 57 heavy (non-hydrogen) atoms. The fraction of sp³-hybridized carbons (Fsp3) is 0.425. The lowest BCUT2D eigenvalue weighted by molar-refractivity contribution is -0.170. The number of ether oxygens (including phenoxy) is 3. The van der Waals surface area contributed by atoms with Crippen LogP contribution in [-0.4, -0.2) is 119 Å². The maximum Gasteiger partial charge on any atom is 0.336 e.